The van der Waals surface area contributed by atoms with Crippen LogP contribution in [0.25, 0.3) is 11.0 Å². The number of aromatic nitrogens is 2. The van der Waals surface area contributed by atoms with Crippen molar-refractivity contribution >= 4 is 38.6 Å². The summed E-state index contributed by atoms with van der Waals surface area (Å²) in [5, 5.41) is 2.76. The highest BCUT2D eigenvalue weighted by Gasteiger charge is 2.17. The van der Waals surface area contributed by atoms with E-state index in [1.165, 1.54) is 25.3 Å². The van der Waals surface area contributed by atoms with E-state index in [-0.39, 0.29) is 35.1 Å². The molecule has 11 heteroatoms. The molecule has 1 aromatic heterocycles. The smallest absolute Gasteiger partial charge is 0.337 e. The van der Waals surface area contributed by atoms with Gasteiger partial charge in [-0.1, -0.05) is 12.1 Å². The molecule has 0 saturated carbocycles. The maximum atomic E-state index is 13.2. The first-order valence-electron chi connectivity index (χ1n) is 10.4. The molecule has 0 aliphatic heterocycles. The fourth-order valence-electron chi connectivity index (χ4n) is 3.46. The van der Waals surface area contributed by atoms with Crippen LogP contribution in [0.3, 0.4) is 0 Å². The van der Waals surface area contributed by atoms with Gasteiger partial charge in [-0.25, -0.2) is 22.6 Å². The lowest BCUT2D eigenvalue weighted by atomic mass is 10.1. The van der Waals surface area contributed by atoms with Crippen LogP contribution in [0.4, 0.5) is 10.1 Å². The molecule has 1 amide bonds. The average molecular weight is 497 g/mol. The molecule has 1 heterocycles. The van der Waals surface area contributed by atoms with Crippen molar-refractivity contribution in [1.29, 1.82) is 0 Å². The average Bonchev–Trinajstić information content (AvgIpc) is 3.25. The van der Waals surface area contributed by atoms with Crippen molar-refractivity contribution < 1.29 is 27.1 Å². The Bertz CT molecular complexity index is 1500. The molecule has 2 N–H and O–H groups in total. The van der Waals surface area contributed by atoms with Crippen LogP contribution in [-0.4, -0.2) is 37.0 Å². The number of nitrogens with one attached hydrogen (secondary N) is 2. The summed E-state index contributed by atoms with van der Waals surface area (Å²) in [7, 11) is -2.85. The molecule has 35 heavy (non-hydrogen) atoms. The normalized spacial score (nSPS) is 11.3. The molecule has 4 rings (SSSR count). The highest BCUT2D eigenvalue weighted by Crippen LogP contribution is 2.21. The maximum Gasteiger partial charge on any atom is 0.337 e. The van der Waals surface area contributed by atoms with Crippen molar-refractivity contribution in [1.82, 2.24) is 14.9 Å². The molecule has 3 aromatic carbocycles. The van der Waals surface area contributed by atoms with Crippen LogP contribution in [0, 0.1) is 5.82 Å². The molecule has 0 radical (unpaired) electrons. The Labute approximate surface area is 200 Å². The number of esters is 1. The number of benzene rings is 3. The van der Waals surface area contributed by atoms with E-state index in [4.69, 9.17) is 4.74 Å². The second-order valence-corrected chi connectivity index (χ2v) is 9.29. The lowest BCUT2D eigenvalue weighted by molar-refractivity contribution is -0.121. The van der Waals surface area contributed by atoms with Crippen LogP contribution in [0.5, 0.6) is 0 Å². The summed E-state index contributed by atoms with van der Waals surface area (Å²) in [6.45, 7) is 0.0584. The largest absolute Gasteiger partial charge is 0.465 e. The SMILES string of the molecule is COC(=O)c1cc(CNC(=O)Cn2cnc3ccccc32)cc(NS(=O)(=O)c2ccc(F)cc2)c1. The molecule has 0 spiro atoms. The third-order valence-corrected chi connectivity index (χ3v) is 6.52. The minimum atomic E-state index is -4.05. The Morgan fingerprint density at radius 2 is 1.80 bits per heavy atom. The van der Waals surface area contributed by atoms with E-state index in [2.05, 4.69) is 15.0 Å². The van der Waals surface area contributed by atoms with Gasteiger partial charge in [-0.15, -0.1) is 0 Å². The van der Waals surface area contributed by atoms with Gasteiger partial charge in [0.05, 0.1) is 40.6 Å². The van der Waals surface area contributed by atoms with E-state index in [1.807, 2.05) is 24.3 Å². The number of rotatable bonds is 8. The van der Waals surface area contributed by atoms with Crippen LogP contribution < -0.4 is 10.0 Å². The van der Waals surface area contributed by atoms with Crippen molar-refractivity contribution in [2.24, 2.45) is 0 Å². The van der Waals surface area contributed by atoms with Crippen molar-refractivity contribution in [3.8, 4) is 0 Å². The van der Waals surface area contributed by atoms with Crippen LogP contribution in [0.15, 0.2) is 78.0 Å². The number of sulfonamides is 1. The van der Waals surface area contributed by atoms with E-state index < -0.39 is 21.8 Å². The molecule has 180 valence electrons. The Balaban J connectivity index is 1.52. The highest BCUT2D eigenvalue weighted by molar-refractivity contribution is 7.92. The summed E-state index contributed by atoms with van der Waals surface area (Å²) in [4.78, 5) is 28.8. The van der Waals surface area contributed by atoms with Crippen molar-refractivity contribution in [2.75, 3.05) is 11.8 Å². The van der Waals surface area contributed by atoms with Crippen LogP contribution in [-0.2, 0) is 32.6 Å². The number of para-hydroxylation sites is 2. The van der Waals surface area contributed by atoms with E-state index >= 15 is 0 Å². The zero-order chi connectivity index (χ0) is 25.0. The molecule has 0 saturated heterocycles. The Hall–Kier alpha value is -4.25. The topological polar surface area (TPSA) is 119 Å². The van der Waals surface area contributed by atoms with Crippen molar-refractivity contribution in [2.45, 2.75) is 18.0 Å². The number of amides is 1. The zero-order valence-electron chi connectivity index (χ0n) is 18.6. The number of methoxy groups -OCH3 is 1. The van der Waals surface area contributed by atoms with E-state index in [1.54, 1.807) is 10.9 Å². The van der Waals surface area contributed by atoms with Gasteiger partial charge in [0.25, 0.3) is 10.0 Å². The standard InChI is InChI=1S/C24H21FN4O5S/c1-34-24(31)17-10-16(11-19(12-17)28-35(32,33)20-8-6-18(25)7-9-20)13-26-23(30)14-29-15-27-21-4-2-3-5-22(21)29/h2-12,15,28H,13-14H2,1H3,(H,26,30). The molecule has 0 aliphatic carbocycles. The molecular formula is C24H21FN4O5S. The number of imidazole rings is 1. The van der Waals surface area contributed by atoms with Crippen LogP contribution in [0.1, 0.15) is 15.9 Å². The van der Waals surface area contributed by atoms with Gasteiger partial charge < -0.3 is 14.6 Å². The molecule has 4 aromatic rings. The summed E-state index contributed by atoms with van der Waals surface area (Å²) in [5.41, 5.74) is 2.23. The second kappa shape index (κ2) is 9.94. The van der Waals surface area contributed by atoms with Gasteiger partial charge in [-0.3, -0.25) is 9.52 Å². The van der Waals surface area contributed by atoms with Crippen molar-refractivity contribution in [3.05, 3.63) is 90.0 Å². The first-order valence-corrected chi connectivity index (χ1v) is 11.9. The number of anilines is 1. The summed E-state index contributed by atoms with van der Waals surface area (Å²) in [5.74, 6) is -1.55. The Morgan fingerprint density at radius 1 is 1.06 bits per heavy atom. The molecule has 0 bridgehead atoms. The number of carbonyl (C=O) groups is 2. The first-order chi connectivity index (χ1) is 16.7. The number of nitrogens with zero attached hydrogens (tertiary/aromatic N) is 2. The van der Waals surface area contributed by atoms with E-state index in [0.29, 0.717) is 5.56 Å². The molecule has 9 nitrogen and oxygen atoms in total. The quantitative estimate of drug-likeness (QED) is 0.362. The fourth-order valence-corrected chi connectivity index (χ4v) is 4.50. The van der Waals surface area contributed by atoms with Crippen LogP contribution in [0.2, 0.25) is 0 Å². The number of carbonyl (C=O) groups excluding carboxylic acids is 2. The zero-order valence-corrected chi connectivity index (χ0v) is 19.4. The van der Waals surface area contributed by atoms with Gasteiger partial charge in [-0.05, 0) is 60.2 Å². The Morgan fingerprint density at radius 3 is 2.54 bits per heavy atom. The maximum absolute atomic E-state index is 13.2. The van der Waals surface area contributed by atoms with Crippen LogP contribution >= 0.6 is 0 Å². The van der Waals surface area contributed by atoms with Gasteiger partial charge >= 0.3 is 5.97 Å². The third kappa shape index (κ3) is 5.64. The van der Waals surface area contributed by atoms with E-state index in [0.717, 1.165) is 35.3 Å². The molecular weight excluding hydrogens is 475 g/mol. The number of hydrogen-bond donors (Lipinski definition) is 2. The van der Waals surface area contributed by atoms with Gasteiger partial charge in [0.2, 0.25) is 5.91 Å². The highest BCUT2D eigenvalue weighted by atomic mass is 32.2. The monoisotopic (exact) mass is 496 g/mol. The minimum absolute atomic E-state index is 0.0290. The second-order valence-electron chi connectivity index (χ2n) is 7.61. The summed E-state index contributed by atoms with van der Waals surface area (Å²) in [6, 6.07) is 16.0. The summed E-state index contributed by atoms with van der Waals surface area (Å²) >= 11 is 0. The molecule has 0 atom stereocenters. The Kier molecular flexibility index (Phi) is 6.78. The number of fused-ring (bicyclic) bond motifs is 1. The predicted molar refractivity (Wildman–Crippen MR) is 127 cm³/mol. The van der Waals surface area contributed by atoms with Crippen molar-refractivity contribution in [3.63, 3.8) is 0 Å². The fraction of sp³-hybridized carbons (Fsp3) is 0.125. The lowest BCUT2D eigenvalue weighted by Gasteiger charge is -2.13. The van der Waals surface area contributed by atoms with Gasteiger partial charge in [-0.2, -0.15) is 0 Å². The molecule has 0 unspecified atom stereocenters. The minimum Gasteiger partial charge on any atom is -0.465 e. The number of hydrogen-bond acceptors (Lipinski definition) is 6. The number of ether oxygens (including phenoxy) is 1. The lowest BCUT2D eigenvalue weighted by Crippen LogP contribution is -2.27. The predicted octanol–water partition coefficient (Wildman–Crippen LogP) is 3.08. The molecule has 0 fully saturated rings. The molecule has 0 aliphatic rings. The third-order valence-electron chi connectivity index (χ3n) is 5.12. The number of halogens is 1. The van der Waals surface area contributed by atoms with Gasteiger partial charge in [0.15, 0.2) is 0 Å². The summed E-state index contributed by atoms with van der Waals surface area (Å²) < 4.78 is 47.4. The summed E-state index contributed by atoms with van der Waals surface area (Å²) in [6.07, 6.45) is 1.57. The first kappa shape index (κ1) is 23.9. The van der Waals surface area contributed by atoms with Gasteiger partial charge in [0, 0.05) is 6.54 Å². The van der Waals surface area contributed by atoms with E-state index in [9.17, 15) is 22.4 Å². The van der Waals surface area contributed by atoms with Gasteiger partial charge in [0.1, 0.15) is 12.4 Å².